The van der Waals surface area contributed by atoms with Gasteiger partial charge >= 0.3 is 0 Å². The zero-order valence-electron chi connectivity index (χ0n) is 11.5. The number of hydrogen-bond donors (Lipinski definition) is 0. The standard InChI is InChI=1S/C16H16N4/c1-2-20(14-6-4-3-5-7-14)16-18-13(11-17)10-15(19-16)12-8-9-12/h3-7,10,12H,2,8-9H2,1H3. The minimum absolute atomic E-state index is 0.450. The third-order valence-corrected chi connectivity index (χ3v) is 3.47. The molecule has 1 aromatic carbocycles. The first kappa shape index (κ1) is 12.6. The van der Waals surface area contributed by atoms with Crippen LogP contribution in [-0.4, -0.2) is 16.5 Å². The van der Waals surface area contributed by atoms with Gasteiger partial charge in [0.15, 0.2) is 0 Å². The van der Waals surface area contributed by atoms with Gasteiger partial charge in [0.2, 0.25) is 5.95 Å². The molecule has 0 unspecified atom stereocenters. The first-order valence-electron chi connectivity index (χ1n) is 6.93. The second kappa shape index (κ2) is 5.30. The first-order chi connectivity index (χ1) is 9.81. The number of nitriles is 1. The first-order valence-corrected chi connectivity index (χ1v) is 6.93. The molecule has 1 fully saturated rings. The van der Waals surface area contributed by atoms with Crippen molar-refractivity contribution in [2.24, 2.45) is 0 Å². The predicted octanol–water partition coefficient (Wildman–Crippen LogP) is 3.38. The van der Waals surface area contributed by atoms with Gasteiger partial charge in [-0.3, -0.25) is 0 Å². The van der Waals surface area contributed by atoms with Crippen LogP contribution in [0.5, 0.6) is 0 Å². The van der Waals surface area contributed by atoms with Crippen molar-refractivity contribution < 1.29 is 0 Å². The van der Waals surface area contributed by atoms with E-state index < -0.39 is 0 Å². The Morgan fingerprint density at radius 2 is 2.00 bits per heavy atom. The second-order valence-electron chi connectivity index (χ2n) is 4.94. The van der Waals surface area contributed by atoms with Crippen LogP contribution in [0, 0.1) is 11.3 Å². The third-order valence-electron chi connectivity index (χ3n) is 3.47. The van der Waals surface area contributed by atoms with Crippen LogP contribution < -0.4 is 4.90 Å². The van der Waals surface area contributed by atoms with Crippen molar-refractivity contribution in [1.29, 1.82) is 5.26 Å². The molecule has 4 heteroatoms. The monoisotopic (exact) mass is 264 g/mol. The maximum absolute atomic E-state index is 9.15. The lowest BCUT2D eigenvalue weighted by atomic mass is 10.2. The summed E-state index contributed by atoms with van der Waals surface area (Å²) in [5.41, 5.74) is 2.50. The summed E-state index contributed by atoms with van der Waals surface area (Å²) in [4.78, 5) is 11.1. The van der Waals surface area contributed by atoms with Crippen LogP contribution in [0.15, 0.2) is 36.4 Å². The fourth-order valence-corrected chi connectivity index (χ4v) is 2.27. The van der Waals surface area contributed by atoms with Gasteiger partial charge in [-0.15, -0.1) is 0 Å². The lowest BCUT2D eigenvalue weighted by Gasteiger charge is -2.21. The molecule has 2 aromatic rings. The van der Waals surface area contributed by atoms with Crippen LogP contribution >= 0.6 is 0 Å². The highest BCUT2D eigenvalue weighted by atomic mass is 15.3. The Morgan fingerprint density at radius 1 is 1.25 bits per heavy atom. The number of benzene rings is 1. The Labute approximate surface area is 118 Å². The van der Waals surface area contributed by atoms with Gasteiger partial charge in [0.1, 0.15) is 11.8 Å². The van der Waals surface area contributed by atoms with E-state index in [1.54, 1.807) is 0 Å². The zero-order valence-corrected chi connectivity index (χ0v) is 11.5. The Morgan fingerprint density at radius 3 is 2.60 bits per heavy atom. The molecule has 100 valence electrons. The molecule has 0 N–H and O–H groups in total. The number of rotatable bonds is 4. The SMILES string of the molecule is CCN(c1ccccc1)c1nc(C#N)cc(C2CC2)n1. The maximum Gasteiger partial charge on any atom is 0.231 e. The van der Waals surface area contributed by atoms with Gasteiger partial charge < -0.3 is 4.90 Å². The molecule has 1 aliphatic carbocycles. The van der Waals surface area contributed by atoms with Gasteiger partial charge in [-0.1, -0.05) is 18.2 Å². The van der Waals surface area contributed by atoms with Crippen LogP contribution in [-0.2, 0) is 0 Å². The number of hydrogen-bond acceptors (Lipinski definition) is 4. The van der Waals surface area contributed by atoms with Crippen LogP contribution in [0.25, 0.3) is 0 Å². The molecular weight excluding hydrogens is 248 g/mol. The van der Waals surface area contributed by atoms with E-state index in [0.717, 1.165) is 17.9 Å². The highest BCUT2D eigenvalue weighted by molar-refractivity contribution is 5.57. The van der Waals surface area contributed by atoms with E-state index in [0.29, 0.717) is 17.6 Å². The molecule has 1 aliphatic rings. The highest BCUT2D eigenvalue weighted by Gasteiger charge is 2.27. The van der Waals surface area contributed by atoms with Crippen molar-refractivity contribution in [3.05, 3.63) is 47.8 Å². The largest absolute Gasteiger partial charge is 0.311 e. The smallest absolute Gasteiger partial charge is 0.231 e. The van der Waals surface area contributed by atoms with Crippen LogP contribution in [0.1, 0.15) is 37.1 Å². The van der Waals surface area contributed by atoms with Crippen molar-refractivity contribution >= 4 is 11.6 Å². The van der Waals surface area contributed by atoms with Crippen molar-refractivity contribution in [2.45, 2.75) is 25.7 Å². The topological polar surface area (TPSA) is 52.8 Å². The molecule has 0 spiro atoms. The molecule has 0 aliphatic heterocycles. The molecule has 0 amide bonds. The Hall–Kier alpha value is -2.41. The lowest BCUT2D eigenvalue weighted by molar-refractivity contribution is 0.902. The maximum atomic E-state index is 9.15. The fraction of sp³-hybridized carbons (Fsp3) is 0.312. The normalized spacial score (nSPS) is 13.8. The summed E-state index contributed by atoms with van der Waals surface area (Å²) in [6.07, 6.45) is 2.33. The van der Waals surface area contributed by atoms with Crippen molar-refractivity contribution in [3.63, 3.8) is 0 Å². The van der Waals surface area contributed by atoms with Crippen molar-refractivity contribution in [2.75, 3.05) is 11.4 Å². The molecule has 0 bridgehead atoms. The van der Waals surface area contributed by atoms with Crippen molar-refractivity contribution in [3.8, 4) is 6.07 Å². The zero-order chi connectivity index (χ0) is 13.9. The Balaban J connectivity index is 2.03. The predicted molar refractivity (Wildman–Crippen MR) is 77.8 cm³/mol. The van der Waals surface area contributed by atoms with Gasteiger partial charge in [0.25, 0.3) is 0 Å². The minimum Gasteiger partial charge on any atom is -0.311 e. The van der Waals surface area contributed by atoms with Gasteiger partial charge in [0, 0.05) is 18.2 Å². The molecule has 0 atom stereocenters. The second-order valence-corrected chi connectivity index (χ2v) is 4.94. The summed E-state index contributed by atoms with van der Waals surface area (Å²) in [6, 6.07) is 14.0. The third kappa shape index (κ3) is 2.48. The number of anilines is 2. The highest BCUT2D eigenvalue weighted by Crippen LogP contribution is 2.39. The summed E-state index contributed by atoms with van der Waals surface area (Å²) in [7, 11) is 0. The number of aromatic nitrogens is 2. The van der Waals surface area contributed by atoms with E-state index in [1.165, 1.54) is 12.8 Å². The summed E-state index contributed by atoms with van der Waals surface area (Å²) in [5.74, 6) is 1.14. The quantitative estimate of drug-likeness (QED) is 0.849. The molecule has 3 rings (SSSR count). The van der Waals surface area contributed by atoms with E-state index in [9.17, 15) is 0 Å². The Kier molecular flexibility index (Phi) is 3.34. The average molecular weight is 264 g/mol. The molecule has 20 heavy (non-hydrogen) atoms. The molecule has 0 radical (unpaired) electrons. The summed E-state index contributed by atoms with van der Waals surface area (Å²) in [5, 5.41) is 9.15. The van der Waals surface area contributed by atoms with E-state index >= 15 is 0 Å². The summed E-state index contributed by atoms with van der Waals surface area (Å²) < 4.78 is 0. The summed E-state index contributed by atoms with van der Waals surface area (Å²) in [6.45, 7) is 2.83. The van der Waals surface area contributed by atoms with Crippen molar-refractivity contribution in [1.82, 2.24) is 9.97 Å². The van der Waals surface area contributed by atoms with Crippen LogP contribution in [0.2, 0.25) is 0 Å². The van der Waals surface area contributed by atoms with Crippen LogP contribution in [0.4, 0.5) is 11.6 Å². The molecule has 1 heterocycles. The van der Waals surface area contributed by atoms with Gasteiger partial charge in [-0.25, -0.2) is 9.97 Å². The Bertz CT molecular complexity index is 641. The van der Waals surface area contributed by atoms with Gasteiger partial charge in [-0.05, 0) is 38.0 Å². The molecular formula is C16H16N4. The van der Waals surface area contributed by atoms with Gasteiger partial charge in [0.05, 0.1) is 5.69 Å². The molecule has 1 saturated carbocycles. The minimum atomic E-state index is 0.450. The van der Waals surface area contributed by atoms with E-state index in [1.807, 2.05) is 41.3 Å². The van der Waals surface area contributed by atoms with Gasteiger partial charge in [-0.2, -0.15) is 5.26 Å². The lowest BCUT2D eigenvalue weighted by Crippen LogP contribution is -2.19. The molecule has 4 nitrogen and oxygen atoms in total. The summed E-state index contributed by atoms with van der Waals surface area (Å²) >= 11 is 0. The van der Waals surface area contributed by atoms with Crippen LogP contribution in [0.3, 0.4) is 0 Å². The fourth-order valence-electron chi connectivity index (χ4n) is 2.27. The number of nitrogens with zero attached hydrogens (tertiary/aromatic N) is 4. The molecule has 0 saturated heterocycles. The average Bonchev–Trinajstić information content (AvgIpc) is 3.33. The van der Waals surface area contributed by atoms with E-state index in [4.69, 9.17) is 5.26 Å². The van der Waals surface area contributed by atoms with E-state index in [-0.39, 0.29) is 0 Å². The number of para-hydroxylation sites is 1. The van der Waals surface area contributed by atoms with E-state index in [2.05, 4.69) is 23.0 Å². The molecule has 1 aromatic heterocycles.